The number of methoxy groups -OCH3 is 1. The fourth-order valence-corrected chi connectivity index (χ4v) is 1.81. The minimum Gasteiger partial charge on any atom is -0.356 e. The van der Waals surface area contributed by atoms with Crippen molar-refractivity contribution in [2.45, 2.75) is 12.7 Å². The topological polar surface area (TPSA) is 35.5 Å². The maximum Gasteiger partial charge on any atom is 0.158 e. The average Bonchev–Trinajstić information content (AvgIpc) is 2.14. The van der Waals surface area contributed by atoms with E-state index in [0.717, 1.165) is 6.42 Å². The Morgan fingerprint density at radius 3 is 3.10 bits per heavy atom. The Morgan fingerprint density at radius 1 is 1.60 bits per heavy atom. The third kappa shape index (κ3) is 2.36. The van der Waals surface area contributed by atoms with Crippen molar-refractivity contribution < 1.29 is 13.7 Å². The maximum atomic E-state index is 10.9. The van der Waals surface area contributed by atoms with Gasteiger partial charge in [-0.25, -0.2) is 0 Å². The molecule has 0 radical (unpaired) electrons. The van der Waals surface area contributed by atoms with Crippen LogP contribution >= 0.6 is 0 Å². The van der Waals surface area contributed by atoms with Crippen LogP contribution in [0, 0.1) is 0 Å². The number of hydrogen-bond donors (Lipinski definition) is 0. The van der Waals surface area contributed by atoms with E-state index in [0.29, 0.717) is 18.1 Å². The van der Waals surface area contributed by atoms with Crippen molar-refractivity contribution in [1.82, 2.24) is 0 Å². The third-order valence-corrected chi connectivity index (χ3v) is 2.77. The van der Waals surface area contributed by atoms with Crippen LogP contribution in [-0.4, -0.2) is 35.7 Å². The zero-order valence-electron chi connectivity index (χ0n) is 6.04. The molecule has 4 heteroatoms. The first kappa shape index (κ1) is 8.17. The molecule has 60 valence electrons. The molecule has 0 saturated carbocycles. The monoisotopic (exact) mass is 164 g/mol. The van der Waals surface area contributed by atoms with E-state index in [-0.39, 0.29) is 6.29 Å². The lowest BCUT2D eigenvalue weighted by Crippen LogP contribution is -2.14. The molecular weight excluding hydrogens is 152 g/mol. The Balaban J connectivity index is 2.33. The predicted octanol–water partition coefficient (Wildman–Crippen LogP) is 0.128. The van der Waals surface area contributed by atoms with Gasteiger partial charge in [-0.3, -0.25) is 4.21 Å². The average molecular weight is 164 g/mol. The second kappa shape index (κ2) is 4.05. The van der Waals surface area contributed by atoms with Crippen LogP contribution in [0.2, 0.25) is 0 Å². The summed E-state index contributed by atoms with van der Waals surface area (Å²) in [6, 6.07) is 0. The molecule has 0 spiro atoms. The van der Waals surface area contributed by atoms with Crippen LogP contribution < -0.4 is 0 Å². The van der Waals surface area contributed by atoms with E-state index < -0.39 is 10.8 Å². The molecule has 1 unspecified atom stereocenters. The lowest BCUT2D eigenvalue weighted by Gasteiger charge is -2.10. The van der Waals surface area contributed by atoms with E-state index in [4.69, 9.17) is 9.47 Å². The smallest absolute Gasteiger partial charge is 0.158 e. The highest BCUT2D eigenvalue weighted by Crippen LogP contribution is 2.05. The fraction of sp³-hybridized carbons (Fsp3) is 1.00. The molecule has 0 aromatic heterocycles. The normalized spacial score (nSPS) is 35.3. The molecule has 2 atom stereocenters. The van der Waals surface area contributed by atoms with Crippen molar-refractivity contribution in [2.24, 2.45) is 0 Å². The van der Waals surface area contributed by atoms with Crippen LogP contribution in [0.1, 0.15) is 6.42 Å². The van der Waals surface area contributed by atoms with Gasteiger partial charge in [0.25, 0.3) is 0 Å². The minimum atomic E-state index is -0.685. The predicted molar refractivity (Wildman–Crippen MR) is 39.2 cm³/mol. The van der Waals surface area contributed by atoms with E-state index in [1.54, 1.807) is 7.11 Å². The largest absolute Gasteiger partial charge is 0.356 e. The summed E-state index contributed by atoms with van der Waals surface area (Å²) >= 11 is 0. The zero-order chi connectivity index (χ0) is 7.40. The van der Waals surface area contributed by atoms with Gasteiger partial charge in [0, 0.05) is 35.8 Å². The van der Waals surface area contributed by atoms with Crippen molar-refractivity contribution in [3.05, 3.63) is 0 Å². The lowest BCUT2D eigenvalue weighted by molar-refractivity contribution is -0.117. The summed E-state index contributed by atoms with van der Waals surface area (Å²) in [6.07, 6.45) is 0.620. The van der Waals surface area contributed by atoms with Gasteiger partial charge in [0.2, 0.25) is 0 Å². The summed E-state index contributed by atoms with van der Waals surface area (Å²) in [7, 11) is 0.925. The summed E-state index contributed by atoms with van der Waals surface area (Å²) in [5.41, 5.74) is 0. The van der Waals surface area contributed by atoms with Crippen molar-refractivity contribution in [2.75, 3.05) is 25.2 Å². The summed E-state index contributed by atoms with van der Waals surface area (Å²) in [5, 5.41) is 0. The van der Waals surface area contributed by atoms with Gasteiger partial charge >= 0.3 is 0 Å². The summed E-state index contributed by atoms with van der Waals surface area (Å²) < 4.78 is 21.1. The Morgan fingerprint density at radius 2 is 2.40 bits per heavy atom. The SMILES string of the molecule is CO[C@H]1CCS(=O)CCO1. The molecule has 0 N–H and O–H groups in total. The van der Waals surface area contributed by atoms with Gasteiger partial charge in [-0.1, -0.05) is 0 Å². The lowest BCUT2D eigenvalue weighted by atomic mass is 10.5. The molecular formula is C6H12O3S. The van der Waals surface area contributed by atoms with Crippen LogP contribution in [0.15, 0.2) is 0 Å². The molecule has 0 aromatic carbocycles. The molecule has 3 nitrogen and oxygen atoms in total. The van der Waals surface area contributed by atoms with E-state index in [1.807, 2.05) is 0 Å². The Hall–Kier alpha value is 0.0700. The van der Waals surface area contributed by atoms with Gasteiger partial charge in [0.1, 0.15) is 0 Å². The van der Waals surface area contributed by atoms with Gasteiger partial charge in [0.15, 0.2) is 6.29 Å². The highest BCUT2D eigenvalue weighted by atomic mass is 32.2. The molecule has 0 aromatic rings. The molecule has 0 bridgehead atoms. The first-order valence-corrected chi connectivity index (χ1v) is 4.81. The number of hydrogen-bond acceptors (Lipinski definition) is 3. The van der Waals surface area contributed by atoms with Crippen LogP contribution in [0.4, 0.5) is 0 Å². The Labute approximate surface area is 63.2 Å². The molecule has 1 aliphatic rings. The molecule has 0 aliphatic carbocycles. The van der Waals surface area contributed by atoms with Crippen LogP contribution in [0.5, 0.6) is 0 Å². The van der Waals surface area contributed by atoms with Gasteiger partial charge in [-0.2, -0.15) is 0 Å². The molecule has 1 rings (SSSR count). The van der Waals surface area contributed by atoms with E-state index >= 15 is 0 Å². The Bertz CT molecular complexity index is 126. The van der Waals surface area contributed by atoms with Crippen LogP contribution in [0.3, 0.4) is 0 Å². The molecule has 1 aliphatic heterocycles. The van der Waals surface area contributed by atoms with Gasteiger partial charge in [-0.05, 0) is 0 Å². The maximum absolute atomic E-state index is 10.9. The zero-order valence-corrected chi connectivity index (χ0v) is 6.86. The minimum absolute atomic E-state index is 0.133. The molecule has 1 fully saturated rings. The molecule has 10 heavy (non-hydrogen) atoms. The highest BCUT2D eigenvalue weighted by molar-refractivity contribution is 7.85. The molecule has 1 saturated heterocycles. The number of ether oxygens (including phenoxy) is 2. The highest BCUT2D eigenvalue weighted by Gasteiger charge is 2.14. The fourth-order valence-electron chi connectivity index (χ4n) is 0.871. The van der Waals surface area contributed by atoms with Crippen molar-refractivity contribution in [3.63, 3.8) is 0 Å². The summed E-state index contributed by atoms with van der Waals surface area (Å²) in [5.74, 6) is 1.36. The third-order valence-electron chi connectivity index (χ3n) is 1.46. The van der Waals surface area contributed by atoms with Gasteiger partial charge in [-0.15, -0.1) is 0 Å². The van der Waals surface area contributed by atoms with Gasteiger partial charge in [0.05, 0.1) is 6.61 Å². The second-order valence-corrected chi connectivity index (χ2v) is 3.87. The van der Waals surface area contributed by atoms with Gasteiger partial charge < -0.3 is 9.47 Å². The van der Waals surface area contributed by atoms with Crippen LogP contribution in [0.25, 0.3) is 0 Å². The van der Waals surface area contributed by atoms with Crippen molar-refractivity contribution >= 4 is 10.8 Å². The van der Waals surface area contributed by atoms with E-state index in [2.05, 4.69) is 0 Å². The second-order valence-electron chi connectivity index (χ2n) is 2.17. The Kier molecular flexibility index (Phi) is 3.31. The van der Waals surface area contributed by atoms with E-state index in [9.17, 15) is 4.21 Å². The van der Waals surface area contributed by atoms with Crippen LogP contribution in [-0.2, 0) is 20.3 Å². The molecule has 1 heterocycles. The van der Waals surface area contributed by atoms with E-state index in [1.165, 1.54) is 0 Å². The summed E-state index contributed by atoms with van der Waals surface area (Å²) in [4.78, 5) is 0. The quantitative estimate of drug-likeness (QED) is 0.552. The number of rotatable bonds is 1. The first-order valence-electron chi connectivity index (χ1n) is 3.32. The van der Waals surface area contributed by atoms with Crippen molar-refractivity contribution in [3.8, 4) is 0 Å². The molecule has 0 amide bonds. The first-order chi connectivity index (χ1) is 4.83. The standard InChI is InChI=1S/C6H12O3S/c1-8-6-2-4-10(7)5-3-9-6/h6H,2-5H2,1H3/t6-,10?/m1/s1. The summed E-state index contributed by atoms with van der Waals surface area (Å²) in [6.45, 7) is 0.561. The van der Waals surface area contributed by atoms with Crippen molar-refractivity contribution in [1.29, 1.82) is 0 Å².